The van der Waals surface area contributed by atoms with Crippen LogP contribution in [-0.4, -0.2) is 11.4 Å². The van der Waals surface area contributed by atoms with Crippen LogP contribution in [0, 0.1) is 0 Å². The molecule has 2 rings (SSSR count). The Morgan fingerprint density at radius 1 is 1.16 bits per heavy atom. The first-order valence-corrected chi connectivity index (χ1v) is 7.22. The van der Waals surface area contributed by atoms with E-state index in [1.165, 1.54) is 0 Å². The smallest absolute Gasteiger partial charge is 0.251 e. The molecule has 0 aliphatic heterocycles. The number of nitrogens with one attached hydrogen (secondary N) is 1. The maximum absolute atomic E-state index is 12.2. The van der Waals surface area contributed by atoms with Gasteiger partial charge in [0.05, 0.1) is 0 Å². The predicted octanol–water partition coefficient (Wildman–Crippen LogP) is 4.52. The number of hydrogen-bond donors (Lipinski definition) is 1. The molecule has 0 spiro atoms. The molecule has 0 radical (unpaired) electrons. The number of carbonyl (C=O) groups is 1. The summed E-state index contributed by atoms with van der Waals surface area (Å²) in [5.41, 5.74) is 0.530. The van der Waals surface area contributed by atoms with Gasteiger partial charge >= 0.3 is 0 Å². The first-order valence-electron chi connectivity index (χ1n) is 6.43. The molecule has 0 bridgehead atoms. The highest BCUT2D eigenvalue weighted by atomic mass is 79.9. The highest BCUT2D eigenvalue weighted by Gasteiger charge is 2.18. The van der Waals surface area contributed by atoms with Crippen molar-refractivity contribution >= 4 is 32.6 Å². The Labute approximate surface area is 122 Å². The number of benzene rings is 2. The van der Waals surface area contributed by atoms with Gasteiger partial charge in [-0.15, -0.1) is 0 Å². The Bertz CT molecular complexity index is 619. The maximum atomic E-state index is 12.2. The monoisotopic (exact) mass is 319 g/mol. The fraction of sp³-hybridized carbons (Fsp3) is 0.312. The number of halogens is 1. The van der Waals surface area contributed by atoms with Gasteiger partial charge in [0.15, 0.2) is 0 Å². The summed E-state index contributed by atoms with van der Waals surface area (Å²) < 4.78 is 1.05. The predicted molar refractivity (Wildman–Crippen MR) is 83.5 cm³/mol. The van der Waals surface area contributed by atoms with E-state index < -0.39 is 0 Å². The average Bonchev–Trinajstić information content (AvgIpc) is 2.37. The summed E-state index contributed by atoms with van der Waals surface area (Å²) in [5.74, 6) is -0.0170. The number of hydrogen-bond acceptors (Lipinski definition) is 1. The van der Waals surface area contributed by atoms with Gasteiger partial charge in [0.2, 0.25) is 0 Å². The summed E-state index contributed by atoms with van der Waals surface area (Å²) in [6.45, 7) is 6.13. The molecular formula is C16H18BrNO. The summed E-state index contributed by atoms with van der Waals surface area (Å²) >= 11 is 3.45. The molecule has 0 unspecified atom stereocenters. The van der Waals surface area contributed by atoms with E-state index in [4.69, 9.17) is 0 Å². The van der Waals surface area contributed by atoms with Gasteiger partial charge in [-0.2, -0.15) is 0 Å². The van der Waals surface area contributed by atoms with Crippen LogP contribution < -0.4 is 5.32 Å². The van der Waals surface area contributed by atoms with Crippen LogP contribution >= 0.6 is 15.9 Å². The van der Waals surface area contributed by atoms with Crippen LogP contribution in [0.1, 0.15) is 37.6 Å². The Morgan fingerprint density at radius 3 is 2.47 bits per heavy atom. The fourth-order valence-corrected chi connectivity index (χ4v) is 2.20. The first kappa shape index (κ1) is 14.1. The van der Waals surface area contributed by atoms with Crippen molar-refractivity contribution in [3.63, 3.8) is 0 Å². The van der Waals surface area contributed by atoms with Gasteiger partial charge in [0.1, 0.15) is 0 Å². The molecule has 0 atom stereocenters. The van der Waals surface area contributed by atoms with Crippen LogP contribution in [-0.2, 0) is 0 Å². The highest BCUT2D eigenvalue weighted by Crippen LogP contribution is 2.21. The number of rotatable bonds is 3. The van der Waals surface area contributed by atoms with E-state index in [-0.39, 0.29) is 11.4 Å². The third-order valence-corrected chi connectivity index (χ3v) is 3.89. The van der Waals surface area contributed by atoms with Gasteiger partial charge in [-0.3, -0.25) is 4.79 Å². The SMILES string of the molecule is CCC(C)(C)NC(=O)c1ccc2cc(Br)ccc2c1. The zero-order valence-corrected chi connectivity index (χ0v) is 13.0. The van der Waals surface area contributed by atoms with Crippen LogP contribution in [0.2, 0.25) is 0 Å². The first-order chi connectivity index (χ1) is 8.91. The lowest BCUT2D eigenvalue weighted by molar-refractivity contribution is 0.0911. The molecule has 0 aliphatic carbocycles. The van der Waals surface area contributed by atoms with Crippen molar-refractivity contribution < 1.29 is 4.79 Å². The van der Waals surface area contributed by atoms with E-state index >= 15 is 0 Å². The lowest BCUT2D eigenvalue weighted by atomic mass is 10.0. The van der Waals surface area contributed by atoms with Gasteiger partial charge in [-0.1, -0.05) is 35.0 Å². The zero-order valence-electron chi connectivity index (χ0n) is 11.5. The van der Waals surface area contributed by atoms with Gasteiger partial charge < -0.3 is 5.32 Å². The van der Waals surface area contributed by atoms with Crippen molar-refractivity contribution in [3.8, 4) is 0 Å². The number of carbonyl (C=O) groups excluding carboxylic acids is 1. The minimum absolute atomic E-state index is 0.0170. The lowest BCUT2D eigenvalue weighted by Crippen LogP contribution is -2.42. The Hall–Kier alpha value is -1.35. The zero-order chi connectivity index (χ0) is 14.0. The van der Waals surface area contributed by atoms with E-state index in [1.807, 2.05) is 50.2 Å². The quantitative estimate of drug-likeness (QED) is 0.885. The molecule has 3 heteroatoms. The minimum Gasteiger partial charge on any atom is -0.347 e. The molecular weight excluding hydrogens is 302 g/mol. The van der Waals surface area contributed by atoms with Gasteiger partial charge in [0.25, 0.3) is 5.91 Å². The van der Waals surface area contributed by atoms with E-state index in [0.29, 0.717) is 5.56 Å². The van der Waals surface area contributed by atoms with Crippen LogP contribution in [0.25, 0.3) is 10.8 Å². The Balaban J connectivity index is 2.31. The van der Waals surface area contributed by atoms with Crippen LogP contribution in [0.3, 0.4) is 0 Å². The summed E-state index contributed by atoms with van der Waals surface area (Å²) in [7, 11) is 0. The maximum Gasteiger partial charge on any atom is 0.251 e. The average molecular weight is 320 g/mol. The molecule has 0 saturated carbocycles. The second kappa shape index (κ2) is 5.33. The number of fused-ring (bicyclic) bond motifs is 1. The molecule has 0 aromatic heterocycles. The second-order valence-corrected chi connectivity index (χ2v) is 6.31. The largest absolute Gasteiger partial charge is 0.347 e. The molecule has 19 heavy (non-hydrogen) atoms. The van der Waals surface area contributed by atoms with E-state index in [0.717, 1.165) is 21.7 Å². The minimum atomic E-state index is -0.175. The van der Waals surface area contributed by atoms with Crippen molar-refractivity contribution in [3.05, 3.63) is 46.4 Å². The van der Waals surface area contributed by atoms with E-state index in [9.17, 15) is 4.79 Å². The molecule has 0 saturated heterocycles. The standard InChI is InChI=1S/C16H18BrNO/c1-4-16(2,3)18-15(19)13-6-5-12-10-14(17)8-7-11(12)9-13/h5-10H,4H2,1-3H3,(H,18,19). The van der Waals surface area contributed by atoms with Crippen LogP contribution in [0.5, 0.6) is 0 Å². The second-order valence-electron chi connectivity index (χ2n) is 5.40. The van der Waals surface area contributed by atoms with Crippen molar-refractivity contribution in [2.45, 2.75) is 32.7 Å². The lowest BCUT2D eigenvalue weighted by Gasteiger charge is -2.24. The molecule has 1 N–H and O–H groups in total. The topological polar surface area (TPSA) is 29.1 Å². The van der Waals surface area contributed by atoms with Crippen molar-refractivity contribution in [2.24, 2.45) is 0 Å². The van der Waals surface area contributed by atoms with Crippen LogP contribution in [0.15, 0.2) is 40.9 Å². The Morgan fingerprint density at radius 2 is 1.79 bits per heavy atom. The molecule has 1 amide bonds. The van der Waals surface area contributed by atoms with Gasteiger partial charge in [0, 0.05) is 15.6 Å². The third kappa shape index (κ3) is 3.35. The third-order valence-electron chi connectivity index (χ3n) is 3.40. The highest BCUT2D eigenvalue weighted by molar-refractivity contribution is 9.10. The molecule has 0 aliphatic rings. The molecule has 2 aromatic rings. The normalized spacial score (nSPS) is 11.6. The van der Waals surface area contributed by atoms with Crippen molar-refractivity contribution in [2.75, 3.05) is 0 Å². The van der Waals surface area contributed by atoms with Crippen molar-refractivity contribution in [1.29, 1.82) is 0 Å². The van der Waals surface area contributed by atoms with Crippen molar-refractivity contribution in [1.82, 2.24) is 5.32 Å². The molecule has 100 valence electrons. The molecule has 0 heterocycles. The molecule has 0 fully saturated rings. The number of amides is 1. The summed E-state index contributed by atoms with van der Waals surface area (Å²) in [6, 6.07) is 11.8. The van der Waals surface area contributed by atoms with Crippen LogP contribution in [0.4, 0.5) is 0 Å². The Kier molecular flexibility index (Phi) is 3.95. The van der Waals surface area contributed by atoms with Gasteiger partial charge in [-0.25, -0.2) is 0 Å². The summed E-state index contributed by atoms with van der Waals surface area (Å²) in [6.07, 6.45) is 0.902. The van der Waals surface area contributed by atoms with E-state index in [2.05, 4.69) is 28.2 Å². The molecule has 2 nitrogen and oxygen atoms in total. The van der Waals surface area contributed by atoms with E-state index in [1.54, 1.807) is 0 Å². The summed E-state index contributed by atoms with van der Waals surface area (Å²) in [5, 5.41) is 5.25. The fourth-order valence-electron chi connectivity index (χ4n) is 1.83. The summed E-state index contributed by atoms with van der Waals surface area (Å²) in [4.78, 5) is 12.2. The van der Waals surface area contributed by atoms with Gasteiger partial charge in [-0.05, 0) is 55.3 Å². The molecule has 2 aromatic carbocycles.